The lowest BCUT2D eigenvalue weighted by Gasteiger charge is -2.12. The van der Waals surface area contributed by atoms with Crippen LogP contribution in [0, 0.1) is 0 Å². The van der Waals surface area contributed by atoms with Gasteiger partial charge in [0.15, 0.2) is 6.61 Å². The van der Waals surface area contributed by atoms with Crippen LogP contribution in [0.5, 0.6) is 11.8 Å². The molecule has 2 rings (SSSR count). The second-order valence-electron chi connectivity index (χ2n) is 6.02. The lowest BCUT2D eigenvalue weighted by molar-refractivity contribution is -0.154. The van der Waals surface area contributed by atoms with Gasteiger partial charge in [0, 0.05) is 37.3 Å². The largest absolute Gasteiger partial charge is 0.480 e. The van der Waals surface area contributed by atoms with Crippen LogP contribution in [0.25, 0.3) is 0 Å². The van der Waals surface area contributed by atoms with E-state index in [0.717, 1.165) is 11.6 Å². The molecule has 0 radical (unpaired) electrons. The Morgan fingerprint density at radius 1 is 1.21 bits per heavy atom. The van der Waals surface area contributed by atoms with E-state index in [1.165, 1.54) is 13.2 Å². The third kappa shape index (κ3) is 7.05. The van der Waals surface area contributed by atoms with E-state index in [9.17, 15) is 22.8 Å². The third-order valence-corrected chi connectivity index (χ3v) is 3.76. The first-order valence-corrected chi connectivity index (χ1v) is 8.70. The van der Waals surface area contributed by atoms with Crippen LogP contribution in [0.1, 0.15) is 35.0 Å². The minimum Gasteiger partial charge on any atom is -0.480 e. The Morgan fingerprint density at radius 3 is 2.62 bits per heavy atom. The summed E-state index contributed by atoms with van der Waals surface area (Å²) in [6, 6.07) is 5.84. The molecule has 0 aliphatic heterocycles. The van der Waals surface area contributed by atoms with Crippen LogP contribution >= 0.6 is 0 Å². The zero-order valence-corrected chi connectivity index (χ0v) is 15.9. The molecule has 2 aromatic rings. The van der Waals surface area contributed by atoms with E-state index in [0.29, 0.717) is 12.1 Å². The van der Waals surface area contributed by atoms with Crippen LogP contribution in [0.15, 0.2) is 30.5 Å². The van der Waals surface area contributed by atoms with Crippen LogP contribution in [-0.4, -0.2) is 41.6 Å². The summed E-state index contributed by atoms with van der Waals surface area (Å²) in [6.45, 7) is 0.428. The molecule has 2 aromatic heterocycles. The number of hydrogen-bond acceptors (Lipinski definition) is 6. The van der Waals surface area contributed by atoms with Gasteiger partial charge in [-0.3, -0.25) is 14.6 Å². The molecule has 1 amide bonds. The predicted molar refractivity (Wildman–Crippen MR) is 96.7 cm³/mol. The molecule has 0 spiro atoms. The Bertz CT molecular complexity index is 872. The maximum absolute atomic E-state index is 12.4. The molecular formula is C19H20F3N3O4. The fourth-order valence-electron chi connectivity index (χ4n) is 2.33. The molecule has 10 heteroatoms. The summed E-state index contributed by atoms with van der Waals surface area (Å²) in [5, 5.41) is 2.67. The van der Waals surface area contributed by atoms with Gasteiger partial charge in [-0.15, -0.1) is 0 Å². The number of hydrogen-bond donors (Lipinski definition) is 1. The van der Waals surface area contributed by atoms with Crippen molar-refractivity contribution in [1.29, 1.82) is 0 Å². The Balaban J connectivity index is 2.03. The van der Waals surface area contributed by atoms with Crippen molar-refractivity contribution in [3.8, 4) is 11.8 Å². The summed E-state index contributed by atoms with van der Waals surface area (Å²) >= 11 is 0. The topological polar surface area (TPSA) is 90.4 Å². The number of ether oxygens (including phenoxy) is 2. The number of aromatic nitrogens is 2. The lowest BCUT2D eigenvalue weighted by atomic mass is 10.1. The number of rotatable bonds is 9. The molecule has 156 valence electrons. The average Bonchev–Trinajstić information content (AvgIpc) is 2.69. The SMILES string of the molecule is CCC(=O)Cc1cc(CNC(=O)c2ccc(OCC(F)(F)F)nc2OC)ccn1. The number of Topliss-reactive ketones (excluding diaryl/α,β-unsaturated/α-hetero) is 1. The van der Waals surface area contributed by atoms with E-state index in [1.807, 2.05) is 0 Å². The van der Waals surface area contributed by atoms with Gasteiger partial charge in [-0.05, 0) is 23.8 Å². The Morgan fingerprint density at radius 2 is 1.97 bits per heavy atom. The van der Waals surface area contributed by atoms with Crippen molar-refractivity contribution < 1.29 is 32.2 Å². The van der Waals surface area contributed by atoms with Gasteiger partial charge in [-0.1, -0.05) is 6.92 Å². The Labute approximate surface area is 165 Å². The zero-order chi connectivity index (χ0) is 21.4. The van der Waals surface area contributed by atoms with Crippen LogP contribution < -0.4 is 14.8 Å². The van der Waals surface area contributed by atoms with Crippen LogP contribution in [0.3, 0.4) is 0 Å². The molecule has 0 saturated carbocycles. The number of ketones is 1. The smallest absolute Gasteiger partial charge is 0.422 e. The number of pyridine rings is 2. The number of nitrogens with zero attached hydrogens (tertiary/aromatic N) is 2. The minimum atomic E-state index is -4.50. The van der Waals surface area contributed by atoms with Crippen LogP contribution in [0.4, 0.5) is 13.2 Å². The molecule has 0 fully saturated rings. The van der Waals surface area contributed by atoms with Gasteiger partial charge in [-0.25, -0.2) is 0 Å². The van der Waals surface area contributed by atoms with Gasteiger partial charge >= 0.3 is 6.18 Å². The fraction of sp³-hybridized carbons (Fsp3) is 0.368. The molecule has 7 nitrogen and oxygen atoms in total. The monoisotopic (exact) mass is 411 g/mol. The highest BCUT2D eigenvalue weighted by atomic mass is 19.4. The number of methoxy groups -OCH3 is 1. The fourth-order valence-corrected chi connectivity index (χ4v) is 2.33. The van der Waals surface area contributed by atoms with Gasteiger partial charge in [0.25, 0.3) is 5.91 Å². The normalized spacial score (nSPS) is 11.1. The average molecular weight is 411 g/mol. The van der Waals surface area contributed by atoms with Gasteiger partial charge in [0.1, 0.15) is 11.3 Å². The molecule has 2 heterocycles. The van der Waals surface area contributed by atoms with Crippen molar-refractivity contribution in [3.63, 3.8) is 0 Å². The lowest BCUT2D eigenvalue weighted by Crippen LogP contribution is -2.24. The van der Waals surface area contributed by atoms with Crippen molar-refractivity contribution in [2.24, 2.45) is 0 Å². The summed E-state index contributed by atoms with van der Waals surface area (Å²) in [6.07, 6.45) is -2.32. The van der Waals surface area contributed by atoms with E-state index in [1.54, 1.807) is 25.3 Å². The van der Waals surface area contributed by atoms with Crippen molar-refractivity contribution in [3.05, 3.63) is 47.3 Å². The van der Waals surface area contributed by atoms with Gasteiger partial charge in [0.2, 0.25) is 11.8 Å². The van der Waals surface area contributed by atoms with Crippen molar-refractivity contribution in [1.82, 2.24) is 15.3 Å². The van der Waals surface area contributed by atoms with E-state index >= 15 is 0 Å². The first-order valence-electron chi connectivity index (χ1n) is 8.70. The number of carbonyl (C=O) groups is 2. The molecule has 0 aromatic carbocycles. The number of nitrogens with one attached hydrogen (secondary N) is 1. The van der Waals surface area contributed by atoms with Gasteiger partial charge in [0.05, 0.1) is 7.11 Å². The maximum Gasteiger partial charge on any atom is 0.422 e. The third-order valence-electron chi connectivity index (χ3n) is 3.76. The predicted octanol–water partition coefficient (Wildman–Crippen LogP) is 2.88. The minimum absolute atomic E-state index is 0.0438. The zero-order valence-electron chi connectivity index (χ0n) is 15.9. The highest BCUT2D eigenvalue weighted by Gasteiger charge is 2.29. The summed E-state index contributed by atoms with van der Waals surface area (Å²) in [4.78, 5) is 31.9. The highest BCUT2D eigenvalue weighted by Crippen LogP contribution is 2.22. The van der Waals surface area contributed by atoms with E-state index in [4.69, 9.17) is 4.74 Å². The summed E-state index contributed by atoms with van der Waals surface area (Å²) < 4.78 is 46.3. The quantitative estimate of drug-likeness (QED) is 0.683. The van der Waals surface area contributed by atoms with Gasteiger partial charge < -0.3 is 14.8 Å². The van der Waals surface area contributed by atoms with Crippen molar-refractivity contribution in [2.75, 3.05) is 13.7 Å². The van der Waals surface area contributed by atoms with E-state index in [2.05, 4.69) is 20.0 Å². The summed E-state index contributed by atoms with van der Waals surface area (Å²) in [5.41, 5.74) is 1.39. The van der Waals surface area contributed by atoms with Crippen LogP contribution in [0.2, 0.25) is 0 Å². The summed E-state index contributed by atoms with van der Waals surface area (Å²) in [5.74, 6) is -0.941. The highest BCUT2D eigenvalue weighted by molar-refractivity contribution is 5.96. The Hall–Kier alpha value is -3.17. The molecule has 29 heavy (non-hydrogen) atoms. The molecule has 0 aliphatic rings. The first-order chi connectivity index (χ1) is 13.7. The van der Waals surface area contributed by atoms with Crippen molar-refractivity contribution >= 4 is 11.7 Å². The maximum atomic E-state index is 12.4. The molecule has 0 atom stereocenters. The number of halogens is 3. The van der Waals surface area contributed by atoms with E-state index < -0.39 is 18.7 Å². The molecule has 1 N–H and O–H groups in total. The number of amides is 1. The molecule has 0 bridgehead atoms. The van der Waals surface area contributed by atoms with E-state index in [-0.39, 0.29) is 36.1 Å². The summed E-state index contributed by atoms with van der Waals surface area (Å²) in [7, 11) is 1.24. The second kappa shape index (κ2) is 9.85. The molecular weight excluding hydrogens is 391 g/mol. The molecule has 0 aliphatic carbocycles. The van der Waals surface area contributed by atoms with Crippen molar-refractivity contribution in [2.45, 2.75) is 32.5 Å². The number of alkyl halides is 3. The number of carbonyl (C=O) groups excluding carboxylic acids is 2. The van der Waals surface area contributed by atoms with Crippen LogP contribution in [-0.2, 0) is 17.8 Å². The molecule has 0 unspecified atom stereocenters. The Kier molecular flexibility index (Phi) is 7.52. The standard InChI is InChI=1S/C19H20F3N3O4/c1-3-14(26)9-13-8-12(6-7-23-13)10-24-17(27)15-4-5-16(25-18(15)28-2)29-11-19(20,21)22/h4-8H,3,9-11H2,1-2H3,(H,24,27). The first kappa shape index (κ1) is 22.1. The second-order valence-corrected chi connectivity index (χ2v) is 6.02. The molecule has 0 saturated heterocycles. The van der Waals surface area contributed by atoms with Gasteiger partial charge in [-0.2, -0.15) is 18.2 Å².